The highest BCUT2D eigenvalue weighted by Gasteiger charge is 2.16. The summed E-state index contributed by atoms with van der Waals surface area (Å²) in [6.07, 6.45) is 1.40. The molecule has 0 spiro atoms. The van der Waals surface area contributed by atoms with Crippen LogP contribution in [-0.4, -0.2) is 49.7 Å². The van der Waals surface area contributed by atoms with Crippen LogP contribution in [0.4, 0.5) is 0 Å². The van der Waals surface area contributed by atoms with Crippen molar-refractivity contribution < 1.29 is 24.1 Å². The maximum atomic E-state index is 11.0. The van der Waals surface area contributed by atoms with Gasteiger partial charge in [0.05, 0.1) is 19.3 Å². The van der Waals surface area contributed by atoms with Gasteiger partial charge in [-0.05, 0) is 19.8 Å². The molecule has 0 radical (unpaired) electrons. The van der Waals surface area contributed by atoms with Crippen LogP contribution in [0.5, 0.6) is 0 Å². The lowest BCUT2D eigenvalue weighted by Gasteiger charge is -2.14. The Kier molecular flexibility index (Phi) is 6.18. The molecule has 0 aliphatic carbocycles. The molecule has 2 unspecified atom stereocenters. The SMILES string of the molecule is C=C(C)C(=O)OCC(O)COCC1CCCO1. The van der Waals surface area contributed by atoms with Crippen LogP contribution in [0.15, 0.2) is 12.2 Å². The van der Waals surface area contributed by atoms with Crippen molar-refractivity contribution in [2.75, 3.05) is 26.4 Å². The Morgan fingerprint density at radius 2 is 2.35 bits per heavy atom. The van der Waals surface area contributed by atoms with Crippen LogP contribution in [0.1, 0.15) is 19.8 Å². The first-order valence-electron chi connectivity index (χ1n) is 5.79. The summed E-state index contributed by atoms with van der Waals surface area (Å²) in [6.45, 7) is 6.33. The van der Waals surface area contributed by atoms with Gasteiger partial charge in [0, 0.05) is 12.2 Å². The number of carbonyl (C=O) groups is 1. The summed E-state index contributed by atoms with van der Waals surface area (Å²) in [5.41, 5.74) is 0.317. The molecule has 0 amide bonds. The first kappa shape index (κ1) is 14.2. The number of carbonyl (C=O) groups excluding carboxylic acids is 1. The molecule has 1 fully saturated rings. The molecule has 1 heterocycles. The van der Waals surface area contributed by atoms with E-state index < -0.39 is 12.1 Å². The zero-order chi connectivity index (χ0) is 12.7. The van der Waals surface area contributed by atoms with Crippen molar-refractivity contribution in [2.45, 2.75) is 32.0 Å². The fourth-order valence-electron chi connectivity index (χ4n) is 1.45. The maximum absolute atomic E-state index is 11.0. The molecular weight excluding hydrogens is 224 g/mol. The molecule has 1 aliphatic rings. The van der Waals surface area contributed by atoms with E-state index in [0.717, 1.165) is 19.4 Å². The summed E-state index contributed by atoms with van der Waals surface area (Å²) in [5, 5.41) is 9.48. The number of rotatable bonds is 7. The minimum Gasteiger partial charge on any atom is -0.460 e. The molecule has 1 saturated heterocycles. The Labute approximate surface area is 101 Å². The lowest BCUT2D eigenvalue weighted by Crippen LogP contribution is -2.26. The van der Waals surface area contributed by atoms with E-state index in [1.54, 1.807) is 6.92 Å². The van der Waals surface area contributed by atoms with Crippen LogP contribution >= 0.6 is 0 Å². The van der Waals surface area contributed by atoms with Crippen LogP contribution in [0.25, 0.3) is 0 Å². The molecule has 2 atom stereocenters. The van der Waals surface area contributed by atoms with E-state index in [4.69, 9.17) is 14.2 Å². The summed E-state index contributed by atoms with van der Waals surface area (Å²) in [6, 6.07) is 0. The van der Waals surface area contributed by atoms with E-state index in [9.17, 15) is 9.90 Å². The summed E-state index contributed by atoms with van der Waals surface area (Å²) in [4.78, 5) is 11.0. The minimum absolute atomic E-state index is 0.0722. The van der Waals surface area contributed by atoms with Crippen molar-refractivity contribution in [3.8, 4) is 0 Å². The topological polar surface area (TPSA) is 65.0 Å². The zero-order valence-electron chi connectivity index (χ0n) is 10.2. The molecule has 98 valence electrons. The molecule has 5 nitrogen and oxygen atoms in total. The summed E-state index contributed by atoms with van der Waals surface area (Å²) < 4.78 is 15.4. The number of hydrogen-bond acceptors (Lipinski definition) is 5. The van der Waals surface area contributed by atoms with Crippen LogP contribution in [0.3, 0.4) is 0 Å². The number of aliphatic hydroxyl groups is 1. The lowest BCUT2D eigenvalue weighted by molar-refractivity contribution is -0.143. The third-order valence-corrected chi connectivity index (χ3v) is 2.39. The van der Waals surface area contributed by atoms with Gasteiger partial charge in [-0.3, -0.25) is 0 Å². The van der Waals surface area contributed by atoms with Gasteiger partial charge in [-0.1, -0.05) is 6.58 Å². The van der Waals surface area contributed by atoms with Gasteiger partial charge >= 0.3 is 5.97 Å². The molecule has 1 rings (SSSR count). The second kappa shape index (κ2) is 7.42. The standard InChI is InChI=1S/C12H20O5/c1-9(2)12(14)17-7-10(13)6-15-8-11-4-3-5-16-11/h10-11,13H,1,3-8H2,2H3. The molecular formula is C12H20O5. The van der Waals surface area contributed by atoms with E-state index in [0.29, 0.717) is 12.2 Å². The lowest BCUT2D eigenvalue weighted by atomic mass is 10.2. The molecule has 5 heteroatoms. The molecule has 0 aromatic heterocycles. The first-order valence-corrected chi connectivity index (χ1v) is 5.79. The van der Waals surface area contributed by atoms with Crippen molar-refractivity contribution >= 4 is 5.97 Å². The predicted molar refractivity (Wildman–Crippen MR) is 61.6 cm³/mol. The molecule has 17 heavy (non-hydrogen) atoms. The highest BCUT2D eigenvalue weighted by Crippen LogP contribution is 2.11. The average Bonchev–Trinajstić information content (AvgIpc) is 2.78. The Morgan fingerprint density at radius 1 is 1.59 bits per heavy atom. The first-order chi connectivity index (χ1) is 8.09. The summed E-state index contributed by atoms with van der Waals surface area (Å²) in [7, 11) is 0. The minimum atomic E-state index is -0.806. The number of ether oxygens (including phenoxy) is 3. The van der Waals surface area contributed by atoms with Gasteiger partial charge in [0.1, 0.15) is 12.7 Å². The summed E-state index contributed by atoms with van der Waals surface area (Å²) in [5.74, 6) is -0.497. The second-order valence-electron chi connectivity index (χ2n) is 4.21. The molecule has 1 N–H and O–H groups in total. The smallest absolute Gasteiger partial charge is 0.333 e. The quantitative estimate of drug-likeness (QED) is 0.526. The zero-order valence-corrected chi connectivity index (χ0v) is 10.2. The molecule has 0 bridgehead atoms. The molecule has 0 aromatic carbocycles. The van der Waals surface area contributed by atoms with E-state index in [-0.39, 0.29) is 19.3 Å². The number of esters is 1. The highest BCUT2D eigenvalue weighted by molar-refractivity contribution is 5.86. The van der Waals surface area contributed by atoms with Gasteiger partial charge in [-0.25, -0.2) is 4.79 Å². The van der Waals surface area contributed by atoms with E-state index in [1.807, 2.05) is 0 Å². The van der Waals surface area contributed by atoms with Gasteiger partial charge in [0.25, 0.3) is 0 Å². The van der Waals surface area contributed by atoms with Crippen molar-refractivity contribution in [3.05, 3.63) is 12.2 Å². The Morgan fingerprint density at radius 3 is 2.94 bits per heavy atom. The number of hydrogen-bond donors (Lipinski definition) is 1. The van der Waals surface area contributed by atoms with E-state index in [2.05, 4.69) is 6.58 Å². The average molecular weight is 244 g/mol. The Balaban J connectivity index is 2.02. The van der Waals surface area contributed by atoms with Gasteiger partial charge in [0.2, 0.25) is 0 Å². The van der Waals surface area contributed by atoms with Crippen LogP contribution < -0.4 is 0 Å². The third kappa shape index (κ3) is 5.81. The molecule has 0 aromatic rings. The van der Waals surface area contributed by atoms with Crippen LogP contribution in [-0.2, 0) is 19.0 Å². The van der Waals surface area contributed by atoms with Gasteiger partial charge in [0.15, 0.2) is 0 Å². The van der Waals surface area contributed by atoms with Crippen molar-refractivity contribution in [2.24, 2.45) is 0 Å². The summed E-state index contributed by atoms with van der Waals surface area (Å²) >= 11 is 0. The van der Waals surface area contributed by atoms with Crippen molar-refractivity contribution in [3.63, 3.8) is 0 Å². The normalized spacial score (nSPS) is 21.2. The predicted octanol–water partition coefficient (Wildman–Crippen LogP) is 0.662. The highest BCUT2D eigenvalue weighted by atomic mass is 16.6. The largest absolute Gasteiger partial charge is 0.460 e. The Bertz CT molecular complexity index is 258. The third-order valence-electron chi connectivity index (χ3n) is 2.39. The molecule has 0 saturated carbocycles. The van der Waals surface area contributed by atoms with Gasteiger partial charge < -0.3 is 19.3 Å². The van der Waals surface area contributed by atoms with Crippen LogP contribution in [0, 0.1) is 0 Å². The fourth-order valence-corrected chi connectivity index (χ4v) is 1.45. The second-order valence-corrected chi connectivity index (χ2v) is 4.21. The number of aliphatic hydroxyl groups excluding tert-OH is 1. The van der Waals surface area contributed by atoms with Crippen LogP contribution in [0.2, 0.25) is 0 Å². The molecule has 1 aliphatic heterocycles. The maximum Gasteiger partial charge on any atom is 0.333 e. The Hall–Kier alpha value is -0.910. The van der Waals surface area contributed by atoms with Crippen molar-refractivity contribution in [1.29, 1.82) is 0 Å². The van der Waals surface area contributed by atoms with E-state index in [1.165, 1.54) is 0 Å². The van der Waals surface area contributed by atoms with Crippen molar-refractivity contribution in [1.82, 2.24) is 0 Å². The van der Waals surface area contributed by atoms with Gasteiger partial charge in [-0.15, -0.1) is 0 Å². The van der Waals surface area contributed by atoms with Gasteiger partial charge in [-0.2, -0.15) is 0 Å². The monoisotopic (exact) mass is 244 g/mol. The van der Waals surface area contributed by atoms with E-state index >= 15 is 0 Å². The fraction of sp³-hybridized carbons (Fsp3) is 0.750.